The van der Waals surface area contributed by atoms with Crippen LogP contribution in [0.5, 0.6) is 0 Å². The summed E-state index contributed by atoms with van der Waals surface area (Å²) in [5, 5.41) is 24.5. The molecule has 1 aromatic carbocycles. The minimum Gasteiger partial charge on any atom is -0.478 e. The van der Waals surface area contributed by atoms with E-state index in [9.17, 15) is 9.90 Å². The van der Waals surface area contributed by atoms with Crippen molar-refractivity contribution in [1.29, 1.82) is 0 Å². The number of halogens is 1. The number of hydrogen-bond donors (Lipinski definition) is 2. The summed E-state index contributed by atoms with van der Waals surface area (Å²) in [6.45, 7) is 4.40. The zero-order valence-electron chi connectivity index (χ0n) is 14.6. The van der Waals surface area contributed by atoms with Crippen molar-refractivity contribution in [3.63, 3.8) is 0 Å². The van der Waals surface area contributed by atoms with Crippen LogP contribution in [0.15, 0.2) is 42.7 Å². The highest BCUT2D eigenvalue weighted by Crippen LogP contribution is 2.34. The van der Waals surface area contributed by atoms with Gasteiger partial charge in [-0.1, -0.05) is 37.1 Å². The third kappa shape index (κ3) is 4.34. The summed E-state index contributed by atoms with van der Waals surface area (Å²) in [5.41, 5.74) is 2.22. The second-order valence-electron chi connectivity index (χ2n) is 6.96. The van der Waals surface area contributed by atoms with Gasteiger partial charge in [-0.25, -0.2) is 4.79 Å². The molecule has 0 aliphatic heterocycles. The van der Waals surface area contributed by atoms with Crippen molar-refractivity contribution in [1.82, 2.24) is 9.78 Å². The highest BCUT2D eigenvalue weighted by atomic mass is 35.5. The van der Waals surface area contributed by atoms with Crippen LogP contribution in [0.4, 0.5) is 0 Å². The Morgan fingerprint density at radius 3 is 2.81 bits per heavy atom. The van der Waals surface area contributed by atoms with E-state index in [1.165, 1.54) is 25.7 Å². The lowest BCUT2D eigenvalue weighted by Crippen LogP contribution is -2.07. The van der Waals surface area contributed by atoms with Gasteiger partial charge in [0.1, 0.15) is 0 Å². The largest absolute Gasteiger partial charge is 0.478 e. The third-order valence-corrected chi connectivity index (χ3v) is 5.22. The van der Waals surface area contributed by atoms with Gasteiger partial charge in [-0.05, 0) is 42.0 Å². The van der Waals surface area contributed by atoms with Gasteiger partial charge in [0, 0.05) is 35.3 Å². The Hall–Kier alpha value is -2.11. The van der Waals surface area contributed by atoms with Gasteiger partial charge in [-0.15, -0.1) is 0 Å². The van der Waals surface area contributed by atoms with Crippen LogP contribution in [-0.4, -0.2) is 26.0 Å². The number of carboxylic acids is 1. The number of aliphatic hydroxyl groups is 1. The first kappa shape index (κ1) is 18.7. The van der Waals surface area contributed by atoms with E-state index in [1.807, 2.05) is 10.9 Å². The van der Waals surface area contributed by atoms with Crippen molar-refractivity contribution >= 4 is 17.6 Å². The van der Waals surface area contributed by atoms with E-state index in [1.54, 1.807) is 24.4 Å². The fraction of sp³-hybridized carbons (Fsp3) is 0.400. The quantitative estimate of drug-likeness (QED) is 0.701. The zero-order valence-corrected chi connectivity index (χ0v) is 15.3. The van der Waals surface area contributed by atoms with Crippen LogP contribution >= 0.6 is 11.6 Å². The average molecular weight is 375 g/mol. The number of aliphatic carboxylic acids is 1. The summed E-state index contributed by atoms with van der Waals surface area (Å²) in [6.07, 6.45) is 7.79. The molecule has 1 aliphatic rings. The maximum absolute atomic E-state index is 11.0. The molecule has 1 saturated carbocycles. The maximum atomic E-state index is 11.0. The molecule has 1 unspecified atom stereocenters. The first-order valence-corrected chi connectivity index (χ1v) is 9.23. The fourth-order valence-corrected chi connectivity index (χ4v) is 3.73. The predicted molar refractivity (Wildman–Crippen MR) is 101 cm³/mol. The summed E-state index contributed by atoms with van der Waals surface area (Å²) in [6, 6.07) is 5.20. The van der Waals surface area contributed by atoms with Gasteiger partial charge in [0.25, 0.3) is 0 Å². The highest BCUT2D eigenvalue weighted by Gasteiger charge is 2.20. The average Bonchev–Trinajstić information content (AvgIpc) is 3.27. The van der Waals surface area contributed by atoms with Crippen LogP contribution in [0, 0.1) is 5.92 Å². The zero-order chi connectivity index (χ0) is 18.7. The van der Waals surface area contributed by atoms with E-state index < -0.39 is 12.1 Å². The molecule has 138 valence electrons. The molecule has 0 bridgehead atoms. The summed E-state index contributed by atoms with van der Waals surface area (Å²) in [4.78, 5) is 11.0. The molecule has 1 fully saturated rings. The minimum absolute atomic E-state index is 0.0321. The molecule has 5 nitrogen and oxygen atoms in total. The molecule has 0 spiro atoms. The van der Waals surface area contributed by atoms with E-state index in [-0.39, 0.29) is 12.0 Å². The number of hydrogen-bond acceptors (Lipinski definition) is 3. The van der Waals surface area contributed by atoms with Gasteiger partial charge in [0.05, 0.1) is 12.3 Å². The molecule has 2 N–H and O–H groups in total. The smallest absolute Gasteiger partial charge is 0.331 e. The topological polar surface area (TPSA) is 75.4 Å². The Morgan fingerprint density at radius 1 is 1.38 bits per heavy atom. The first-order chi connectivity index (χ1) is 12.4. The van der Waals surface area contributed by atoms with E-state index >= 15 is 0 Å². The molecule has 26 heavy (non-hydrogen) atoms. The number of aromatic nitrogens is 2. The molecule has 0 saturated heterocycles. The van der Waals surface area contributed by atoms with Gasteiger partial charge in [0.2, 0.25) is 0 Å². The second-order valence-corrected chi connectivity index (χ2v) is 7.40. The normalized spacial score (nSPS) is 15.9. The van der Waals surface area contributed by atoms with Crippen molar-refractivity contribution in [2.24, 2.45) is 5.92 Å². The van der Waals surface area contributed by atoms with Crippen molar-refractivity contribution < 1.29 is 15.0 Å². The summed E-state index contributed by atoms with van der Waals surface area (Å²) in [7, 11) is 0. The molecule has 1 aromatic heterocycles. The Morgan fingerprint density at radius 2 is 2.12 bits per heavy atom. The molecule has 2 aromatic rings. The van der Waals surface area contributed by atoms with Crippen molar-refractivity contribution in [3.05, 3.63) is 53.3 Å². The second kappa shape index (κ2) is 8.06. The molecule has 1 atom stereocenters. The number of rotatable bonds is 7. The molecule has 6 heteroatoms. The first-order valence-electron chi connectivity index (χ1n) is 8.85. The molecular weight excluding hydrogens is 352 g/mol. The van der Waals surface area contributed by atoms with Gasteiger partial charge in [-0.2, -0.15) is 5.10 Å². The predicted octanol–water partition coefficient (Wildman–Crippen LogP) is 4.46. The Labute approximate surface area is 157 Å². The van der Waals surface area contributed by atoms with Gasteiger partial charge >= 0.3 is 5.97 Å². The summed E-state index contributed by atoms with van der Waals surface area (Å²) in [5.74, 6) is -0.435. The Bertz CT molecular complexity index is 809. The van der Waals surface area contributed by atoms with Gasteiger partial charge < -0.3 is 10.2 Å². The van der Waals surface area contributed by atoms with Crippen LogP contribution < -0.4 is 0 Å². The van der Waals surface area contributed by atoms with Crippen LogP contribution in [0.2, 0.25) is 5.02 Å². The Kier molecular flexibility index (Phi) is 5.79. The van der Waals surface area contributed by atoms with Crippen LogP contribution in [0.1, 0.15) is 43.8 Å². The third-order valence-electron chi connectivity index (χ3n) is 4.98. The summed E-state index contributed by atoms with van der Waals surface area (Å²) < 4.78 is 1.94. The van der Waals surface area contributed by atoms with Crippen molar-refractivity contribution in [2.75, 3.05) is 0 Å². The highest BCUT2D eigenvalue weighted by molar-refractivity contribution is 6.30. The molecule has 1 heterocycles. The Balaban J connectivity index is 1.84. The van der Waals surface area contributed by atoms with E-state index in [4.69, 9.17) is 16.7 Å². The lowest BCUT2D eigenvalue weighted by atomic mass is 9.94. The number of benzene rings is 1. The molecule has 0 amide bonds. The lowest BCUT2D eigenvalue weighted by molar-refractivity contribution is -0.133. The summed E-state index contributed by atoms with van der Waals surface area (Å²) >= 11 is 6.15. The SMILES string of the molecule is C=C(CC(O)c1ccc(Cl)cc1-c1cnn(CC2CCCC2)c1)C(=O)O. The molecule has 1 aliphatic carbocycles. The van der Waals surface area contributed by atoms with Crippen LogP contribution in [0.25, 0.3) is 11.1 Å². The number of aliphatic hydroxyl groups excluding tert-OH is 1. The molecule has 0 radical (unpaired) electrons. The van der Waals surface area contributed by atoms with Crippen LogP contribution in [-0.2, 0) is 11.3 Å². The minimum atomic E-state index is -1.11. The van der Waals surface area contributed by atoms with E-state index in [2.05, 4.69) is 11.7 Å². The van der Waals surface area contributed by atoms with E-state index in [0.29, 0.717) is 16.5 Å². The monoisotopic (exact) mass is 374 g/mol. The fourth-order valence-electron chi connectivity index (χ4n) is 3.56. The number of carbonyl (C=O) groups is 1. The number of nitrogens with zero attached hydrogens (tertiary/aromatic N) is 2. The maximum Gasteiger partial charge on any atom is 0.331 e. The van der Waals surface area contributed by atoms with Crippen molar-refractivity contribution in [3.8, 4) is 11.1 Å². The standard InChI is InChI=1S/C20H23ClN2O3/c1-13(20(25)26)8-19(24)17-7-6-16(21)9-18(17)15-10-22-23(12-15)11-14-4-2-3-5-14/h6-7,9-10,12,14,19,24H,1-5,8,11H2,(H,25,26). The van der Waals surface area contributed by atoms with Crippen LogP contribution in [0.3, 0.4) is 0 Å². The van der Waals surface area contributed by atoms with Gasteiger partial charge in [0.15, 0.2) is 0 Å². The lowest BCUT2D eigenvalue weighted by Gasteiger charge is -2.15. The molecular formula is C20H23ClN2O3. The van der Waals surface area contributed by atoms with Gasteiger partial charge in [-0.3, -0.25) is 4.68 Å². The number of carboxylic acid groups (broad SMARTS) is 1. The van der Waals surface area contributed by atoms with Crippen molar-refractivity contribution in [2.45, 2.75) is 44.8 Å². The molecule has 3 rings (SSSR count). The van der Waals surface area contributed by atoms with E-state index in [0.717, 1.165) is 17.7 Å².